The molecule has 1 saturated heterocycles. The number of pyridine rings is 1. The van der Waals surface area contributed by atoms with Crippen LogP contribution in [0, 0.1) is 0 Å². The van der Waals surface area contributed by atoms with Gasteiger partial charge in [-0.2, -0.15) is 4.98 Å². The zero-order chi connectivity index (χ0) is 17.5. The lowest BCUT2D eigenvalue weighted by atomic mass is 10.1. The average Bonchev–Trinajstić information content (AvgIpc) is 3.40. The lowest BCUT2D eigenvalue weighted by Gasteiger charge is -2.25. The highest BCUT2D eigenvalue weighted by Gasteiger charge is 2.39. The fourth-order valence-corrected chi connectivity index (χ4v) is 4.08. The van der Waals surface area contributed by atoms with E-state index < -0.39 is 0 Å². The van der Waals surface area contributed by atoms with Gasteiger partial charge in [0.15, 0.2) is 5.82 Å². The number of carbonyl (C=O) groups excluding carboxylic acids is 1. The Morgan fingerprint density at radius 3 is 2.85 bits per heavy atom. The number of amides is 1. The maximum Gasteiger partial charge on any atom is 0.258 e. The van der Waals surface area contributed by atoms with Crippen molar-refractivity contribution in [1.82, 2.24) is 20.0 Å². The lowest BCUT2D eigenvalue weighted by molar-refractivity contribution is -0.129. The standard InChI is InChI=1S/C20H18N4O2/c25-18-11-15(19-22-20(26-23-19)14-7-9-21-10-8-14)12-24(18)17-6-5-13-3-1-2-4-16(13)17/h1-4,7-10,15,17H,5-6,11-12H2/t15-,17+/m1/s1. The first-order chi connectivity index (χ1) is 12.8. The number of aromatic nitrogens is 3. The Kier molecular flexibility index (Phi) is 3.55. The molecule has 0 radical (unpaired) electrons. The number of nitrogens with zero attached hydrogens (tertiary/aromatic N) is 4. The molecule has 0 spiro atoms. The van der Waals surface area contributed by atoms with E-state index in [1.54, 1.807) is 12.4 Å². The Balaban J connectivity index is 1.37. The van der Waals surface area contributed by atoms with Crippen LogP contribution in [0.25, 0.3) is 11.5 Å². The predicted molar refractivity (Wildman–Crippen MR) is 94.1 cm³/mol. The molecule has 2 aromatic heterocycles. The van der Waals surface area contributed by atoms with E-state index in [2.05, 4.69) is 39.4 Å². The largest absolute Gasteiger partial charge is 0.335 e. The Bertz CT molecular complexity index is 953. The topological polar surface area (TPSA) is 72.1 Å². The summed E-state index contributed by atoms with van der Waals surface area (Å²) in [7, 11) is 0. The van der Waals surface area contributed by atoms with Gasteiger partial charge in [0.1, 0.15) is 0 Å². The highest BCUT2D eigenvalue weighted by Crippen LogP contribution is 2.40. The molecule has 1 aliphatic heterocycles. The summed E-state index contributed by atoms with van der Waals surface area (Å²) >= 11 is 0. The molecular formula is C20H18N4O2. The van der Waals surface area contributed by atoms with Gasteiger partial charge in [0.25, 0.3) is 5.89 Å². The van der Waals surface area contributed by atoms with Gasteiger partial charge in [-0.3, -0.25) is 9.78 Å². The third-order valence-electron chi connectivity index (χ3n) is 5.37. The van der Waals surface area contributed by atoms with E-state index in [0.29, 0.717) is 24.7 Å². The van der Waals surface area contributed by atoms with Crippen LogP contribution < -0.4 is 0 Å². The van der Waals surface area contributed by atoms with Crippen LogP contribution in [0.2, 0.25) is 0 Å². The van der Waals surface area contributed by atoms with E-state index in [-0.39, 0.29) is 17.9 Å². The van der Waals surface area contributed by atoms with Gasteiger partial charge in [-0.05, 0) is 36.1 Å². The quantitative estimate of drug-likeness (QED) is 0.728. The summed E-state index contributed by atoms with van der Waals surface area (Å²) in [5, 5.41) is 4.13. The molecule has 0 unspecified atom stereocenters. The van der Waals surface area contributed by atoms with Gasteiger partial charge in [0.05, 0.1) is 6.04 Å². The van der Waals surface area contributed by atoms with Crippen LogP contribution in [-0.4, -0.2) is 32.5 Å². The highest BCUT2D eigenvalue weighted by molar-refractivity contribution is 5.80. The normalized spacial score (nSPS) is 22.0. The molecule has 6 heteroatoms. The Labute approximate surface area is 150 Å². The van der Waals surface area contributed by atoms with Crippen molar-refractivity contribution in [3.05, 3.63) is 65.7 Å². The summed E-state index contributed by atoms with van der Waals surface area (Å²) in [6.07, 6.45) is 5.85. The molecule has 3 aromatic rings. The number of benzene rings is 1. The van der Waals surface area contributed by atoms with E-state index in [4.69, 9.17) is 4.52 Å². The lowest BCUT2D eigenvalue weighted by Crippen LogP contribution is -2.28. The van der Waals surface area contributed by atoms with Crippen LogP contribution in [-0.2, 0) is 11.2 Å². The van der Waals surface area contributed by atoms with Crippen LogP contribution in [0.15, 0.2) is 53.3 Å². The first kappa shape index (κ1) is 15.3. The minimum Gasteiger partial charge on any atom is -0.335 e. The summed E-state index contributed by atoms with van der Waals surface area (Å²) in [6.45, 7) is 0.646. The first-order valence-electron chi connectivity index (χ1n) is 8.91. The SMILES string of the molecule is O=C1C[C@@H](c2noc(-c3ccncc3)n2)CN1[C@H]1CCc2ccccc21. The zero-order valence-electron chi connectivity index (χ0n) is 14.2. The zero-order valence-corrected chi connectivity index (χ0v) is 14.2. The Morgan fingerprint density at radius 1 is 1.12 bits per heavy atom. The molecule has 1 fully saturated rings. The van der Waals surface area contributed by atoms with Crippen molar-refractivity contribution < 1.29 is 9.32 Å². The van der Waals surface area contributed by atoms with Crippen molar-refractivity contribution in [1.29, 1.82) is 0 Å². The van der Waals surface area contributed by atoms with Crippen LogP contribution in [0.5, 0.6) is 0 Å². The number of fused-ring (bicyclic) bond motifs is 1. The molecule has 2 atom stereocenters. The molecule has 26 heavy (non-hydrogen) atoms. The second kappa shape index (κ2) is 6.05. The molecule has 5 rings (SSSR count). The van der Waals surface area contributed by atoms with E-state index in [0.717, 1.165) is 18.4 Å². The van der Waals surface area contributed by atoms with Gasteiger partial charge in [-0.1, -0.05) is 29.4 Å². The smallest absolute Gasteiger partial charge is 0.258 e. The summed E-state index contributed by atoms with van der Waals surface area (Å²) in [5.74, 6) is 1.24. The number of carbonyl (C=O) groups is 1. The second-order valence-electron chi connectivity index (χ2n) is 6.89. The van der Waals surface area contributed by atoms with Crippen molar-refractivity contribution in [2.24, 2.45) is 0 Å². The number of likely N-dealkylation sites (tertiary alicyclic amines) is 1. The molecule has 6 nitrogen and oxygen atoms in total. The molecule has 1 aliphatic carbocycles. The number of aryl methyl sites for hydroxylation is 1. The van der Waals surface area contributed by atoms with E-state index in [1.807, 2.05) is 17.0 Å². The first-order valence-corrected chi connectivity index (χ1v) is 8.91. The number of hydrogen-bond acceptors (Lipinski definition) is 5. The number of hydrogen-bond donors (Lipinski definition) is 0. The van der Waals surface area contributed by atoms with E-state index in [1.165, 1.54) is 11.1 Å². The van der Waals surface area contributed by atoms with Crippen LogP contribution in [0.1, 0.15) is 41.8 Å². The highest BCUT2D eigenvalue weighted by atomic mass is 16.5. The van der Waals surface area contributed by atoms with Gasteiger partial charge in [0.2, 0.25) is 5.91 Å². The molecule has 1 aromatic carbocycles. The van der Waals surface area contributed by atoms with Gasteiger partial charge in [-0.15, -0.1) is 0 Å². The average molecular weight is 346 g/mol. The van der Waals surface area contributed by atoms with Crippen molar-refractivity contribution in [2.75, 3.05) is 6.54 Å². The van der Waals surface area contributed by atoms with Gasteiger partial charge in [-0.25, -0.2) is 0 Å². The van der Waals surface area contributed by atoms with Crippen molar-refractivity contribution in [3.63, 3.8) is 0 Å². The molecule has 130 valence electrons. The third kappa shape index (κ3) is 2.49. The molecule has 0 saturated carbocycles. The maximum absolute atomic E-state index is 12.7. The van der Waals surface area contributed by atoms with E-state index in [9.17, 15) is 4.79 Å². The minimum absolute atomic E-state index is 0.0189. The molecule has 0 N–H and O–H groups in total. The maximum atomic E-state index is 12.7. The molecular weight excluding hydrogens is 328 g/mol. The summed E-state index contributed by atoms with van der Waals surface area (Å²) in [4.78, 5) is 23.2. The van der Waals surface area contributed by atoms with Gasteiger partial charge in [0, 0.05) is 36.8 Å². The minimum atomic E-state index is -0.0189. The van der Waals surface area contributed by atoms with Gasteiger partial charge >= 0.3 is 0 Å². The summed E-state index contributed by atoms with van der Waals surface area (Å²) < 4.78 is 5.40. The monoisotopic (exact) mass is 346 g/mol. The van der Waals surface area contributed by atoms with E-state index >= 15 is 0 Å². The number of rotatable bonds is 3. The van der Waals surface area contributed by atoms with Crippen molar-refractivity contribution in [3.8, 4) is 11.5 Å². The molecule has 1 amide bonds. The Morgan fingerprint density at radius 2 is 1.96 bits per heavy atom. The predicted octanol–water partition coefficient (Wildman–Crippen LogP) is 3.14. The van der Waals surface area contributed by atoms with Crippen LogP contribution >= 0.6 is 0 Å². The Hall–Kier alpha value is -3.02. The van der Waals surface area contributed by atoms with Crippen LogP contribution in [0.4, 0.5) is 0 Å². The van der Waals surface area contributed by atoms with Gasteiger partial charge < -0.3 is 9.42 Å². The van der Waals surface area contributed by atoms with Crippen LogP contribution in [0.3, 0.4) is 0 Å². The third-order valence-corrected chi connectivity index (χ3v) is 5.37. The summed E-state index contributed by atoms with van der Waals surface area (Å²) in [6, 6.07) is 12.3. The molecule has 3 heterocycles. The summed E-state index contributed by atoms with van der Waals surface area (Å²) in [5.41, 5.74) is 3.48. The fraction of sp³-hybridized carbons (Fsp3) is 0.300. The van der Waals surface area contributed by atoms with Crippen molar-refractivity contribution in [2.45, 2.75) is 31.2 Å². The van der Waals surface area contributed by atoms with Crippen molar-refractivity contribution >= 4 is 5.91 Å². The second-order valence-corrected chi connectivity index (χ2v) is 6.89. The fourth-order valence-electron chi connectivity index (χ4n) is 4.08. The molecule has 0 bridgehead atoms. The molecule has 2 aliphatic rings.